The summed E-state index contributed by atoms with van der Waals surface area (Å²) in [6, 6.07) is 5.29. The molecule has 1 aromatic carbocycles. The molecule has 124 valence electrons. The van der Waals surface area contributed by atoms with Crippen molar-refractivity contribution >= 4 is 17.6 Å². The Balaban J connectivity index is 1.68. The predicted octanol–water partition coefficient (Wildman–Crippen LogP) is 1.53. The summed E-state index contributed by atoms with van der Waals surface area (Å²) in [5.74, 6) is 1.32. The van der Waals surface area contributed by atoms with Crippen LogP contribution in [0, 0.1) is 0 Å². The highest BCUT2D eigenvalue weighted by Crippen LogP contribution is 2.36. The zero-order chi connectivity index (χ0) is 16.4. The summed E-state index contributed by atoms with van der Waals surface area (Å²) in [5, 5.41) is 0. The average molecular weight is 319 g/mol. The maximum atomic E-state index is 12.5. The van der Waals surface area contributed by atoms with E-state index in [1.807, 2.05) is 19.9 Å². The van der Waals surface area contributed by atoms with E-state index in [2.05, 4.69) is 0 Å². The van der Waals surface area contributed by atoms with Crippen molar-refractivity contribution in [1.29, 1.82) is 0 Å². The number of hydrogen-bond acceptors (Lipinski definition) is 4. The maximum Gasteiger partial charge on any atom is 0.325 e. The first-order valence-corrected chi connectivity index (χ1v) is 7.88. The molecule has 0 atom stereocenters. The number of carbonyl (C=O) groups is 2. The normalized spacial score (nSPS) is 16.2. The van der Waals surface area contributed by atoms with Gasteiger partial charge in [-0.25, -0.2) is 4.79 Å². The Morgan fingerprint density at radius 3 is 2.65 bits per heavy atom. The van der Waals surface area contributed by atoms with E-state index >= 15 is 0 Å². The number of hydrogen-bond donors (Lipinski definition) is 0. The zero-order valence-electron chi connectivity index (χ0n) is 13.4. The average Bonchev–Trinajstić information content (AvgIpc) is 3.15. The van der Waals surface area contributed by atoms with Gasteiger partial charge in [0.05, 0.1) is 0 Å². The molecule has 0 spiro atoms. The van der Waals surface area contributed by atoms with Gasteiger partial charge in [-0.2, -0.15) is 0 Å². The van der Waals surface area contributed by atoms with Crippen LogP contribution in [-0.2, 0) is 4.79 Å². The highest BCUT2D eigenvalue weighted by Gasteiger charge is 2.32. The second kappa shape index (κ2) is 6.36. The van der Waals surface area contributed by atoms with Gasteiger partial charge in [-0.3, -0.25) is 9.69 Å². The van der Waals surface area contributed by atoms with Crippen LogP contribution >= 0.6 is 0 Å². The number of amides is 3. The van der Waals surface area contributed by atoms with Crippen molar-refractivity contribution < 1.29 is 19.1 Å². The molecule has 7 nitrogen and oxygen atoms in total. The number of ether oxygens (including phenoxy) is 2. The number of likely N-dealkylation sites (N-methyl/N-ethyl adjacent to an activating group) is 1. The van der Waals surface area contributed by atoms with E-state index < -0.39 is 0 Å². The summed E-state index contributed by atoms with van der Waals surface area (Å²) in [5.41, 5.74) is 0.761. The molecule has 23 heavy (non-hydrogen) atoms. The third kappa shape index (κ3) is 2.91. The van der Waals surface area contributed by atoms with Gasteiger partial charge in [0.25, 0.3) is 0 Å². The Morgan fingerprint density at radius 2 is 1.91 bits per heavy atom. The Labute approximate surface area is 135 Å². The lowest BCUT2D eigenvalue weighted by Gasteiger charge is -2.23. The van der Waals surface area contributed by atoms with Gasteiger partial charge in [0.1, 0.15) is 6.54 Å². The van der Waals surface area contributed by atoms with Gasteiger partial charge in [-0.05, 0) is 26.0 Å². The molecule has 0 unspecified atom stereocenters. The Hall–Kier alpha value is -2.44. The molecule has 0 radical (unpaired) electrons. The molecule has 3 rings (SSSR count). The Kier molecular flexibility index (Phi) is 4.27. The first-order valence-electron chi connectivity index (χ1n) is 7.88. The molecule has 7 heteroatoms. The molecule has 1 saturated heterocycles. The molecular formula is C16H21N3O4. The van der Waals surface area contributed by atoms with Gasteiger partial charge < -0.3 is 19.3 Å². The zero-order valence-corrected chi connectivity index (χ0v) is 13.4. The molecule has 2 heterocycles. The first kappa shape index (κ1) is 15.5. The lowest BCUT2D eigenvalue weighted by molar-refractivity contribution is -0.131. The number of benzene rings is 1. The topological polar surface area (TPSA) is 62.3 Å². The Morgan fingerprint density at radius 1 is 1.17 bits per heavy atom. The SMILES string of the molecule is CCN(CC)C(=O)CN1CCN(c2ccc3c(c2)OCO3)C1=O. The largest absolute Gasteiger partial charge is 0.454 e. The third-order valence-corrected chi connectivity index (χ3v) is 4.21. The van der Waals surface area contributed by atoms with Crippen LogP contribution in [0.3, 0.4) is 0 Å². The summed E-state index contributed by atoms with van der Waals surface area (Å²) in [6.07, 6.45) is 0. The summed E-state index contributed by atoms with van der Waals surface area (Å²) in [6.45, 7) is 6.62. The number of fused-ring (bicyclic) bond motifs is 1. The van der Waals surface area contributed by atoms with E-state index in [-0.39, 0.29) is 25.3 Å². The van der Waals surface area contributed by atoms with Crippen LogP contribution < -0.4 is 14.4 Å². The second-order valence-electron chi connectivity index (χ2n) is 5.46. The van der Waals surface area contributed by atoms with Gasteiger partial charge >= 0.3 is 6.03 Å². The minimum absolute atomic E-state index is 0.0177. The number of nitrogens with zero attached hydrogens (tertiary/aromatic N) is 3. The minimum Gasteiger partial charge on any atom is -0.454 e. The van der Waals surface area contributed by atoms with Crippen molar-refractivity contribution in [3.05, 3.63) is 18.2 Å². The number of rotatable bonds is 5. The summed E-state index contributed by atoms with van der Waals surface area (Å²) in [4.78, 5) is 29.7. The third-order valence-electron chi connectivity index (χ3n) is 4.21. The van der Waals surface area contributed by atoms with Crippen LogP contribution in [0.25, 0.3) is 0 Å². The van der Waals surface area contributed by atoms with Crippen molar-refractivity contribution in [2.24, 2.45) is 0 Å². The van der Waals surface area contributed by atoms with Gasteiger partial charge in [0.15, 0.2) is 11.5 Å². The summed E-state index contributed by atoms with van der Waals surface area (Å²) >= 11 is 0. The summed E-state index contributed by atoms with van der Waals surface area (Å²) in [7, 11) is 0. The Bertz CT molecular complexity index is 615. The quantitative estimate of drug-likeness (QED) is 0.826. The number of urea groups is 1. The molecular weight excluding hydrogens is 298 g/mol. The van der Waals surface area contributed by atoms with Crippen LogP contribution in [0.4, 0.5) is 10.5 Å². The van der Waals surface area contributed by atoms with Crippen molar-refractivity contribution in [2.75, 3.05) is 44.4 Å². The lowest BCUT2D eigenvalue weighted by Crippen LogP contribution is -2.42. The molecule has 3 amide bonds. The van der Waals surface area contributed by atoms with Crippen LogP contribution in [0.15, 0.2) is 18.2 Å². The maximum absolute atomic E-state index is 12.5. The van der Waals surface area contributed by atoms with Gasteiger partial charge in [-0.1, -0.05) is 0 Å². The fourth-order valence-corrected chi connectivity index (χ4v) is 2.86. The van der Waals surface area contributed by atoms with Gasteiger partial charge in [0.2, 0.25) is 12.7 Å². The van der Waals surface area contributed by atoms with Crippen LogP contribution in [0.2, 0.25) is 0 Å². The van der Waals surface area contributed by atoms with E-state index in [1.165, 1.54) is 0 Å². The van der Waals surface area contributed by atoms with E-state index in [9.17, 15) is 9.59 Å². The van der Waals surface area contributed by atoms with Crippen molar-refractivity contribution in [1.82, 2.24) is 9.80 Å². The minimum atomic E-state index is -0.149. The molecule has 0 saturated carbocycles. The van der Waals surface area contributed by atoms with Crippen molar-refractivity contribution in [3.63, 3.8) is 0 Å². The molecule has 0 aliphatic carbocycles. The van der Waals surface area contributed by atoms with E-state index in [0.29, 0.717) is 37.7 Å². The van der Waals surface area contributed by atoms with E-state index in [0.717, 1.165) is 5.69 Å². The molecule has 0 bridgehead atoms. The molecule has 2 aliphatic heterocycles. The monoisotopic (exact) mass is 319 g/mol. The summed E-state index contributed by atoms with van der Waals surface area (Å²) < 4.78 is 10.6. The predicted molar refractivity (Wildman–Crippen MR) is 84.8 cm³/mol. The van der Waals surface area contributed by atoms with Crippen LogP contribution in [0.1, 0.15) is 13.8 Å². The van der Waals surface area contributed by atoms with E-state index in [1.54, 1.807) is 26.8 Å². The molecule has 0 N–H and O–H groups in total. The standard InChI is InChI=1S/C16H21N3O4/c1-3-17(4-2)15(20)10-18-7-8-19(16(18)21)12-5-6-13-14(9-12)23-11-22-13/h5-6,9H,3-4,7-8,10-11H2,1-2H3. The molecule has 0 aromatic heterocycles. The van der Waals surface area contributed by atoms with Crippen LogP contribution in [0.5, 0.6) is 11.5 Å². The fraction of sp³-hybridized carbons (Fsp3) is 0.500. The smallest absolute Gasteiger partial charge is 0.325 e. The first-order chi connectivity index (χ1) is 11.1. The van der Waals surface area contributed by atoms with Crippen molar-refractivity contribution in [3.8, 4) is 11.5 Å². The van der Waals surface area contributed by atoms with E-state index in [4.69, 9.17) is 9.47 Å². The number of anilines is 1. The van der Waals surface area contributed by atoms with Crippen molar-refractivity contribution in [2.45, 2.75) is 13.8 Å². The highest BCUT2D eigenvalue weighted by molar-refractivity contribution is 5.96. The van der Waals surface area contributed by atoms with Gasteiger partial charge in [0, 0.05) is 37.9 Å². The molecule has 1 aromatic rings. The van der Waals surface area contributed by atoms with Gasteiger partial charge in [-0.15, -0.1) is 0 Å². The second-order valence-corrected chi connectivity index (χ2v) is 5.46. The van der Waals surface area contributed by atoms with Crippen LogP contribution in [-0.4, -0.2) is 61.3 Å². The number of carbonyl (C=O) groups excluding carboxylic acids is 2. The fourth-order valence-electron chi connectivity index (χ4n) is 2.86. The molecule has 2 aliphatic rings. The highest BCUT2D eigenvalue weighted by atomic mass is 16.7. The molecule has 1 fully saturated rings. The lowest BCUT2D eigenvalue weighted by atomic mass is 10.2.